The minimum atomic E-state index is 0.114. The summed E-state index contributed by atoms with van der Waals surface area (Å²) in [6, 6.07) is 0. The predicted molar refractivity (Wildman–Crippen MR) is 121 cm³/mol. The lowest BCUT2D eigenvalue weighted by atomic mass is 9.50. The second-order valence-corrected chi connectivity index (χ2v) is 11.5. The van der Waals surface area contributed by atoms with Gasteiger partial charge in [-0.15, -0.1) is 0 Å². The number of allylic oxidation sites excluding steroid dienone is 8. The van der Waals surface area contributed by atoms with Gasteiger partial charge in [0.15, 0.2) is 0 Å². The van der Waals surface area contributed by atoms with Crippen molar-refractivity contribution in [1.29, 1.82) is 0 Å². The number of rotatable bonds is 2. The molecule has 2 fully saturated rings. The van der Waals surface area contributed by atoms with Crippen molar-refractivity contribution < 1.29 is 0 Å². The van der Waals surface area contributed by atoms with Crippen LogP contribution in [-0.4, -0.2) is 3.42 Å². The van der Waals surface area contributed by atoms with Gasteiger partial charge in [-0.05, 0) is 67.8 Å². The normalized spacial score (nSPS) is 46.8. The molecule has 26 heavy (non-hydrogen) atoms. The fourth-order valence-corrected chi connectivity index (χ4v) is 8.16. The summed E-state index contributed by atoms with van der Waals surface area (Å²) in [5.41, 5.74) is 6.39. The molecule has 0 heterocycles. The smallest absolute Gasteiger partial charge is 0.0486 e. The van der Waals surface area contributed by atoms with Crippen molar-refractivity contribution in [2.45, 2.75) is 63.2 Å². The third-order valence-corrected chi connectivity index (χ3v) is 11.0. The van der Waals surface area contributed by atoms with Crippen LogP contribution in [0, 0.1) is 28.6 Å². The minimum Gasteiger partial charge on any atom is -0.0985 e. The summed E-state index contributed by atoms with van der Waals surface area (Å²) in [6.07, 6.45) is 16.0. The van der Waals surface area contributed by atoms with E-state index in [1.165, 1.54) is 31.3 Å². The van der Waals surface area contributed by atoms with Gasteiger partial charge in [-0.2, -0.15) is 0 Å². The van der Waals surface area contributed by atoms with Gasteiger partial charge in [-0.25, -0.2) is 0 Å². The summed E-state index contributed by atoms with van der Waals surface area (Å²) < 4.78 is 0.267. The highest BCUT2D eigenvalue weighted by Gasteiger charge is 2.62. The molecule has 0 aromatic carbocycles. The SMILES string of the molecule is C=C1C=C[C@]2(C)C3=CC[C@@]4(C)C(CC[C@]4(I)C(=C)CC)C3C[C@H](C)C2=C1. The van der Waals surface area contributed by atoms with Gasteiger partial charge < -0.3 is 0 Å². The maximum absolute atomic E-state index is 4.51. The minimum absolute atomic E-state index is 0.114. The molecule has 0 amide bonds. The molecular weight excluding hydrogens is 427 g/mol. The zero-order valence-electron chi connectivity index (χ0n) is 16.9. The van der Waals surface area contributed by atoms with E-state index in [0.717, 1.165) is 23.8 Å². The highest BCUT2D eigenvalue weighted by Crippen LogP contribution is 2.69. The molecule has 2 saturated carbocycles. The second kappa shape index (κ2) is 5.96. The molecule has 0 saturated heterocycles. The molecular formula is C25H33I. The van der Waals surface area contributed by atoms with Crippen LogP contribution in [0.25, 0.3) is 0 Å². The van der Waals surface area contributed by atoms with Crippen molar-refractivity contribution in [3.8, 4) is 0 Å². The van der Waals surface area contributed by atoms with Gasteiger partial charge in [0.25, 0.3) is 0 Å². The van der Waals surface area contributed by atoms with Crippen LogP contribution < -0.4 is 0 Å². The fraction of sp³-hybridized carbons (Fsp3) is 0.600. The molecule has 4 aliphatic carbocycles. The van der Waals surface area contributed by atoms with Gasteiger partial charge in [-0.1, -0.05) is 97.5 Å². The molecule has 1 heteroatoms. The van der Waals surface area contributed by atoms with Crippen LogP contribution in [0.2, 0.25) is 0 Å². The summed E-state index contributed by atoms with van der Waals surface area (Å²) >= 11 is 2.79. The Morgan fingerprint density at radius 3 is 2.73 bits per heavy atom. The van der Waals surface area contributed by atoms with Crippen LogP contribution in [0.1, 0.15) is 59.8 Å². The Hall–Kier alpha value is -0.570. The summed E-state index contributed by atoms with van der Waals surface area (Å²) in [5.74, 6) is 2.16. The van der Waals surface area contributed by atoms with E-state index in [-0.39, 0.29) is 8.84 Å². The van der Waals surface area contributed by atoms with Crippen molar-refractivity contribution in [2.75, 3.05) is 0 Å². The average molecular weight is 460 g/mol. The first-order valence-electron chi connectivity index (χ1n) is 10.4. The van der Waals surface area contributed by atoms with Crippen molar-refractivity contribution >= 4 is 22.6 Å². The molecule has 0 N–H and O–H groups in total. The van der Waals surface area contributed by atoms with Crippen LogP contribution in [0.3, 0.4) is 0 Å². The first kappa shape index (κ1) is 18.8. The van der Waals surface area contributed by atoms with Gasteiger partial charge in [0.05, 0.1) is 0 Å². The zero-order chi connectivity index (χ0) is 18.9. The quantitative estimate of drug-likeness (QED) is 0.226. The number of alkyl halides is 1. The van der Waals surface area contributed by atoms with Gasteiger partial charge in [0.1, 0.15) is 0 Å². The standard InChI is InChI=1S/C25H33I/c1-7-18(4)25(26)13-10-21-19-15-17(3)22-14-16(2)8-11-23(22,5)20(19)9-12-24(21,25)6/h8-9,11,14,17,19,21H,2,4,7,10,12-13,15H2,1,3,5-6H3/t17-,19?,21?,23+,24-,25-/m0/s1. The lowest BCUT2D eigenvalue weighted by Crippen LogP contribution is -2.49. The van der Waals surface area contributed by atoms with Crippen LogP contribution in [0.15, 0.2) is 59.8 Å². The molecule has 0 spiro atoms. The van der Waals surface area contributed by atoms with Gasteiger partial charge in [0.2, 0.25) is 0 Å². The van der Waals surface area contributed by atoms with E-state index in [1.807, 2.05) is 0 Å². The van der Waals surface area contributed by atoms with Gasteiger partial charge >= 0.3 is 0 Å². The molecule has 0 aromatic rings. The topological polar surface area (TPSA) is 0 Å². The zero-order valence-corrected chi connectivity index (χ0v) is 19.0. The molecule has 6 atom stereocenters. The molecule has 0 aromatic heterocycles. The largest absolute Gasteiger partial charge is 0.0985 e. The lowest BCUT2D eigenvalue weighted by Gasteiger charge is -2.56. The third-order valence-electron chi connectivity index (χ3n) is 8.45. The van der Waals surface area contributed by atoms with Crippen molar-refractivity contribution in [2.24, 2.45) is 28.6 Å². The van der Waals surface area contributed by atoms with E-state index in [4.69, 9.17) is 0 Å². The Kier molecular flexibility index (Phi) is 4.31. The van der Waals surface area contributed by atoms with E-state index in [0.29, 0.717) is 11.3 Å². The third kappa shape index (κ3) is 2.25. The molecule has 0 aliphatic heterocycles. The summed E-state index contributed by atoms with van der Waals surface area (Å²) in [6.45, 7) is 18.5. The Labute approximate surface area is 173 Å². The first-order chi connectivity index (χ1) is 12.2. The summed E-state index contributed by atoms with van der Waals surface area (Å²) in [7, 11) is 0. The Morgan fingerprint density at radius 2 is 2.04 bits per heavy atom. The van der Waals surface area contributed by atoms with Crippen LogP contribution in [-0.2, 0) is 0 Å². The second-order valence-electron chi connectivity index (χ2n) is 9.64. The first-order valence-corrected chi connectivity index (χ1v) is 11.4. The van der Waals surface area contributed by atoms with Crippen molar-refractivity contribution in [3.63, 3.8) is 0 Å². The fourth-order valence-electron chi connectivity index (χ4n) is 6.84. The Bertz CT molecular complexity index is 765. The summed E-state index contributed by atoms with van der Waals surface area (Å²) in [4.78, 5) is 0. The van der Waals surface area contributed by atoms with Crippen LogP contribution >= 0.6 is 22.6 Å². The number of halogens is 1. The molecule has 140 valence electrons. The highest BCUT2D eigenvalue weighted by molar-refractivity contribution is 14.1. The van der Waals surface area contributed by atoms with Crippen molar-refractivity contribution in [1.82, 2.24) is 0 Å². The van der Waals surface area contributed by atoms with E-state index < -0.39 is 0 Å². The maximum atomic E-state index is 4.51. The number of fused-ring (bicyclic) bond motifs is 5. The van der Waals surface area contributed by atoms with Crippen molar-refractivity contribution in [3.05, 3.63) is 59.8 Å². The number of hydrogen-bond acceptors (Lipinski definition) is 0. The van der Waals surface area contributed by atoms with Gasteiger partial charge in [0, 0.05) is 8.84 Å². The van der Waals surface area contributed by atoms with E-state index in [1.54, 1.807) is 11.1 Å². The molecule has 4 rings (SSSR count). The van der Waals surface area contributed by atoms with E-state index in [2.05, 4.69) is 87.7 Å². The Morgan fingerprint density at radius 1 is 1.31 bits per heavy atom. The number of hydrogen-bond donors (Lipinski definition) is 0. The monoisotopic (exact) mass is 460 g/mol. The maximum Gasteiger partial charge on any atom is 0.0486 e. The van der Waals surface area contributed by atoms with E-state index in [9.17, 15) is 0 Å². The lowest BCUT2D eigenvalue weighted by molar-refractivity contribution is 0.110. The molecule has 2 unspecified atom stereocenters. The van der Waals surface area contributed by atoms with Gasteiger partial charge in [-0.3, -0.25) is 0 Å². The average Bonchev–Trinajstić information content (AvgIpc) is 2.88. The Balaban J connectivity index is 1.80. The van der Waals surface area contributed by atoms with E-state index >= 15 is 0 Å². The predicted octanol–water partition coefficient (Wildman–Crippen LogP) is 7.59. The highest BCUT2D eigenvalue weighted by atomic mass is 127. The molecule has 4 aliphatic rings. The molecule has 0 bridgehead atoms. The van der Waals surface area contributed by atoms with Crippen LogP contribution in [0.4, 0.5) is 0 Å². The van der Waals surface area contributed by atoms with Crippen LogP contribution in [0.5, 0.6) is 0 Å². The molecule has 0 nitrogen and oxygen atoms in total. The molecule has 0 radical (unpaired) electrons. The summed E-state index contributed by atoms with van der Waals surface area (Å²) in [5, 5.41) is 0.